The first kappa shape index (κ1) is 17.6. The third-order valence-corrected chi connectivity index (χ3v) is 3.64. The highest BCUT2D eigenvalue weighted by atomic mass is 35.5. The minimum absolute atomic E-state index is 0.309. The number of carbonyl (C=O) groups is 1. The number of carbonyl (C=O) groups excluding carboxylic acids is 1. The van der Waals surface area contributed by atoms with Crippen LogP contribution in [0.1, 0.15) is 44.2 Å². The van der Waals surface area contributed by atoms with Crippen LogP contribution in [0.5, 0.6) is 5.75 Å². The van der Waals surface area contributed by atoms with E-state index in [1.165, 1.54) is 7.11 Å². The van der Waals surface area contributed by atoms with Gasteiger partial charge in [-0.25, -0.2) is 4.79 Å². The minimum Gasteiger partial charge on any atom is -0.489 e. The van der Waals surface area contributed by atoms with Crippen molar-refractivity contribution in [2.45, 2.75) is 40.0 Å². The average molecular weight is 311 g/mol. The summed E-state index contributed by atoms with van der Waals surface area (Å²) in [6, 6.07) is 3.89. The summed E-state index contributed by atoms with van der Waals surface area (Å²) in [6.07, 6.45) is 2.38. The summed E-state index contributed by atoms with van der Waals surface area (Å²) in [5, 5.41) is 0.759. The average Bonchev–Trinajstić information content (AvgIpc) is 2.44. The van der Waals surface area contributed by atoms with E-state index in [0.717, 1.165) is 21.9 Å². The van der Waals surface area contributed by atoms with Crippen LogP contribution in [-0.4, -0.2) is 19.7 Å². The summed E-state index contributed by atoms with van der Waals surface area (Å²) >= 11 is 6.24. The summed E-state index contributed by atoms with van der Waals surface area (Å²) in [4.78, 5) is 11.5. The van der Waals surface area contributed by atoms with E-state index in [1.54, 1.807) is 6.08 Å². The summed E-state index contributed by atoms with van der Waals surface area (Å²) in [6.45, 7) is 8.38. The fourth-order valence-electron chi connectivity index (χ4n) is 2.00. The molecule has 0 amide bonds. The summed E-state index contributed by atoms with van der Waals surface area (Å²) in [5.74, 6) is 0.814. The second kappa shape index (κ2) is 8.08. The van der Waals surface area contributed by atoms with Crippen molar-refractivity contribution in [3.8, 4) is 5.75 Å². The van der Waals surface area contributed by atoms with Crippen LogP contribution >= 0.6 is 11.6 Å². The van der Waals surface area contributed by atoms with Crippen molar-refractivity contribution in [2.24, 2.45) is 0 Å². The fourth-order valence-corrected chi connectivity index (χ4v) is 2.44. The van der Waals surface area contributed by atoms with Gasteiger partial charge in [-0.3, -0.25) is 0 Å². The highest BCUT2D eigenvalue weighted by Gasteiger charge is 2.10. The van der Waals surface area contributed by atoms with Crippen LogP contribution in [0.25, 0.3) is 0 Å². The smallest absolute Gasteiger partial charge is 0.333 e. The molecular weight excluding hydrogens is 288 g/mol. The maximum absolute atomic E-state index is 11.5. The van der Waals surface area contributed by atoms with Crippen LogP contribution in [0.2, 0.25) is 5.02 Å². The highest BCUT2D eigenvalue weighted by Crippen LogP contribution is 2.31. The molecule has 1 aromatic rings. The molecule has 0 N–H and O–H groups in total. The van der Waals surface area contributed by atoms with Crippen LogP contribution in [0.3, 0.4) is 0 Å². The monoisotopic (exact) mass is 310 g/mol. The molecule has 116 valence electrons. The van der Waals surface area contributed by atoms with E-state index in [9.17, 15) is 4.79 Å². The first-order valence-corrected chi connectivity index (χ1v) is 7.48. The standard InChI is InChI=1S/C17H23ClO3/c1-6-13(17(19)20-5)7-8-21-16-10-14(11(2)3)15(18)9-12(16)4/h7,9-11H,6,8H2,1-5H3. The number of esters is 1. The Morgan fingerprint density at radius 3 is 2.57 bits per heavy atom. The molecule has 0 saturated carbocycles. The van der Waals surface area contributed by atoms with Crippen molar-refractivity contribution < 1.29 is 14.3 Å². The number of ether oxygens (including phenoxy) is 2. The number of hydrogen-bond donors (Lipinski definition) is 0. The number of halogens is 1. The predicted molar refractivity (Wildman–Crippen MR) is 86.2 cm³/mol. The number of hydrogen-bond acceptors (Lipinski definition) is 3. The molecule has 3 nitrogen and oxygen atoms in total. The first-order chi connectivity index (χ1) is 9.90. The molecule has 0 aliphatic rings. The lowest BCUT2D eigenvalue weighted by Gasteiger charge is -2.14. The van der Waals surface area contributed by atoms with E-state index in [4.69, 9.17) is 21.1 Å². The normalized spacial score (nSPS) is 11.7. The molecule has 4 heteroatoms. The Kier molecular flexibility index (Phi) is 6.76. The summed E-state index contributed by atoms with van der Waals surface area (Å²) in [5.41, 5.74) is 2.66. The summed E-state index contributed by atoms with van der Waals surface area (Å²) < 4.78 is 10.5. The molecule has 0 aromatic heterocycles. The minimum atomic E-state index is -0.309. The second-order valence-corrected chi connectivity index (χ2v) is 5.59. The second-order valence-electron chi connectivity index (χ2n) is 5.18. The molecule has 1 aromatic carbocycles. The van der Waals surface area contributed by atoms with E-state index in [-0.39, 0.29) is 5.97 Å². The van der Waals surface area contributed by atoms with Gasteiger partial charge in [-0.1, -0.05) is 32.4 Å². The quantitative estimate of drug-likeness (QED) is 0.566. The molecule has 0 unspecified atom stereocenters. The zero-order chi connectivity index (χ0) is 16.0. The lowest BCUT2D eigenvalue weighted by atomic mass is 10.0. The molecule has 0 atom stereocenters. The van der Waals surface area contributed by atoms with Gasteiger partial charge >= 0.3 is 5.97 Å². The van der Waals surface area contributed by atoms with Crippen LogP contribution < -0.4 is 4.74 Å². The topological polar surface area (TPSA) is 35.5 Å². The molecule has 0 heterocycles. The Morgan fingerprint density at radius 1 is 1.38 bits per heavy atom. The zero-order valence-corrected chi connectivity index (χ0v) is 14.1. The number of methoxy groups -OCH3 is 1. The van der Waals surface area contributed by atoms with Gasteiger partial charge in [0.2, 0.25) is 0 Å². The maximum Gasteiger partial charge on any atom is 0.333 e. The van der Waals surface area contributed by atoms with Gasteiger partial charge in [-0.15, -0.1) is 0 Å². The van der Waals surface area contributed by atoms with Crippen LogP contribution in [0, 0.1) is 6.92 Å². The molecule has 0 bridgehead atoms. The van der Waals surface area contributed by atoms with Crippen molar-refractivity contribution in [1.29, 1.82) is 0 Å². The molecule has 1 rings (SSSR count). The lowest BCUT2D eigenvalue weighted by Crippen LogP contribution is -2.06. The molecule has 0 saturated heterocycles. The molecular formula is C17H23ClO3. The van der Waals surface area contributed by atoms with Gasteiger partial charge < -0.3 is 9.47 Å². The predicted octanol–water partition coefficient (Wildman–Crippen LogP) is 4.66. The Balaban J connectivity index is 2.86. The SMILES string of the molecule is CCC(=CCOc1cc(C(C)C)c(Cl)cc1C)C(=O)OC. The Bertz CT molecular complexity index is 533. The third kappa shape index (κ3) is 4.78. The maximum atomic E-state index is 11.5. The molecule has 0 spiro atoms. The highest BCUT2D eigenvalue weighted by molar-refractivity contribution is 6.31. The van der Waals surface area contributed by atoms with Gasteiger partial charge in [0, 0.05) is 10.6 Å². The Morgan fingerprint density at radius 2 is 2.05 bits per heavy atom. The fraction of sp³-hybridized carbons (Fsp3) is 0.471. The number of rotatable bonds is 6. The van der Waals surface area contributed by atoms with Gasteiger partial charge in [-0.05, 0) is 48.6 Å². The van der Waals surface area contributed by atoms with Crippen molar-refractivity contribution in [2.75, 3.05) is 13.7 Å². The van der Waals surface area contributed by atoms with Gasteiger partial charge in [0.1, 0.15) is 12.4 Å². The van der Waals surface area contributed by atoms with Crippen LogP contribution in [0.4, 0.5) is 0 Å². The Labute approximate surface area is 131 Å². The molecule has 21 heavy (non-hydrogen) atoms. The number of aryl methyl sites for hydroxylation is 1. The first-order valence-electron chi connectivity index (χ1n) is 7.10. The molecule has 0 fully saturated rings. The molecule has 0 radical (unpaired) electrons. The van der Waals surface area contributed by atoms with Gasteiger partial charge in [-0.2, -0.15) is 0 Å². The van der Waals surface area contributed by atoms with E-state index in [0.29, 0.717) is 24.5 Å². The van der Waals surface area contributed by atoms with E-state index < -0.39 is 0 Å². The largest absolute Gasteiger partial charge is 0.489 e. The van der Waals surface area contributed by atoms with Crippen molar-refractivity contribution in [3.05, 3.63) is 39.9 Å². The summed E-state index contributed by atoms with van der Waals surface area (Å²) in [7, 11) is 1.38. The van der Waals surface area contributed by atoms with Crippen LogP contribution in [0.15, 0.2) is 23.8 Å². The van der Waals surface area contributed by atoms with E-state index in [2.05, 4.69) is 13.8 Å². The molecule has 0 aliphatic heterocycles. The zero-order valence-electron chi connectivity index (χ0n) is 13.3. The Hall–Kier alpha value is -1.48. The third-order valence-electron chi connectivity index (χ3n) is 3.31. The van der Waals surface area contributed by atoms with Crippen molar-refractivity contribution in [1.82, 2.24) is 0 Å². The lowest BCUT2D eigenvalue weighted by molar-refractivity contribution is -0.136. The van der Waals surface area contributed by atoms with E-state index >= 15 is 0 Å². The van der Waals surface area contributed by atoms with Gasteiger partial charge in [0.25, 0.3) is 0 Å². The van der Waals surface area contributed by atoms with Crippen molar-refractivity contribution >= 4 is 17.6 Å². The number of benzene rings is 1. The van der Waals surface area contributed by atoms with Gasteiger partial charge in [0.15, 0.2) is 0 Å². The van der Waals surface area contributed by atoms with Crippen LogP contribution in [-0.2, 0) is 9.53 Å². The van der Waals surface area contributed by atoms with Gasteiger partial charge in [0.05, 0.1) is 7.11 Å². The molecule has 0 aliphatic carbocycles. The van der Waals surface area contributed by atoms with E-state index in [1.807, 2.05) is 26.0 Å². The van der Waals surface area contributed by atoms with Crippen molar-refractivity contribution in [3.63, 3.8) is 0 Å².